The third-order valence-corrected chi connectivity index (χ3v) is 2.89. The van der Waals surface area contributed by atoms with Gasteiger partial charge in [-0.3, -0.25) is 0 Å². The summed E-state index contributed by atoms with van der Waals surface area (Å²) in [6.07, 6.45) is -4.76. The number of hydrogen-bond acceptors (Lipinski definition) is 3. The average molecular weight is 240 g/mol. The third kappa shape index (κ3) is 4.67. The summed E-state index contributed by atoms with van der Waals surface area (Å²) in [5, 5.41) is 12.1. The molecule has 0 aromatic rings. The molecule has 1 heterocycles. The third-order valence-electron chi connectivity index (χ3n) is 2.89. The van der Waals surface area contributed by atoms with Crippen molar-refractivity contribution in [1.29, 1.82) is 0 Å². The minimum Gasteiger partial charge on any atom is -0.382 e. The SMILES string of the molecule is CN(CC1CCNCC1)CC(O)C(F)(F)F. The maximum absolute atomic E-state index is 12.1. The van der Waals surface area contributed by atoms with Crippen LogP contribution in [0, 0.1) is 5.92 Å². The van der Waals surface area contributed by atoms with Crippen LogP contribution in [0.25, 0.3) is 0 Å². The lowest BCUT2D eigenvalue weighted by atomic mass is 9.97. The highest BCUT2D eigenvalue weighted by atomic mass is 19.4. The Bertz CT molecular complexity index is 205. The van der Waals surface area contributed by atoms with Gasteiger partial charge in [-0.1, -0.05) is 0 Å². The molecule has 0 saturated carbocycles. The number of alkyl halides is 3. The van der Waals surface area contributed by atoms with Crippen LogP contribution in [0.2, 0.25) is 0 Å². The van der Waals surface area contributed by atoms with E-state index in [1.165, 1.54) is 0 Å². The Balaban J connectivity index is 2.26. The molecule has 96 valence electrons. The highest BCUT2D eigenvalue weighted by Gasteiger charge is 2.38. The summed E-state index contributed by atoms with van der Waals surface area (Å²) >= 11 is 0. The fourth-order valence-corrected chi connectivity index (χ4v) is 1.98. The summed E-state index contributed by atoms with van der Waals surface area (Å²) in [5.41, 5.74) is 0. The second-order valence-corrected chi connectivity index (χ2v) is 4.47. The molecular weight excluding hydrogens is 221 g/mol. The van der Waals surface area contributed by atoms with E-state index in [1.54, 1.807) is 11.9 Å². The molecule has 0 aromatic carbocycles. The molecule has 1 unspecified atom stereocenters. The molecule has 6 heteroatoms. The number of piperidine rings is 1. The van der Waals surface area contributed by atoms with E-state index in [-0.39, 0.29) is 6.54 Å². The Morgan fingerprint density at radius 2 is 1.94 bits per heavy atom. The predicted molar refractivity (Wildman–Crippen MR) is 55.2 cm³/mol. The summed E-state index contributed by atoms with van der Waals surface area (Å²) in [7, 11) is 1.62. The van der Waals surface area contributed by atoms with Crippen molar-refractivity contribution >= 4 is 0 Å². The van der Waals surface area contributed by atoms with Crippen molar-refractivity contribution in [2.75, 3.05) is 33.2 Å². The predicted octanol–water partition coefficient (Wildman–Crippen LogP) is 0.841. The van der Waals surface area contributed by atoms with Gasteiger partial charge in [0.15, 0.2) is 6.10 Å². The van der Waals surface area contributed by atoms with Crippen molar-refractivity contribution in [3.8, 4) is 0 Å². The molecule has 1 aliphatic rings. The Labute approximate surface area is 93.6 Å². The van der Waals surface area contributed by atoms with Crippen molar-refractivity contribution < 1.29 is 18.3 Å². The Hall–Kier alpha value is -0.330. The number of nitrogens with zero attached hydrogens (tertiary/aromatic N) is 1. The molecule has 3 nitrogen and oxygen atoms in total. The zero-order chi connectivity index (χ0) is 12.2. The molecule has 1 fully saturated rings. The molecular formula is C10H19F3N2O. The normalized spacial score (nSPS) is 21.4. The van der Waals surface area contributed by atoms with E-state index < -0.39 is 12.3 Å². The summed E-state index contributed by atoms with van der Waals surface area (Å²) in [5.74, 6) is 0.437. The molecule has 1 saturated heterocycles. The van der Waals surface area contributed by atoms with Crippen LogP contribution < -0.4 is 5.32 Å². The second kappa shape index (κ2) is 5.84. The molecule has 1 aliphatic heterocycles. The van der Waals surface area contributed by atoms with E-state index in [2.05, 4.69) is 5.32 Å². The van der Waals surface area contributed by atoms with Crippen LogP contribution in [0.1, 0.15) is 12.8 Å². The number of hydrogen-bond donors (Lipinski definition) is 2. The van der Waals surface area contributed by atoms with Crippen molar-refractivity contribution in [3.63, 3.8) is 0 Å². The lowest BCUT2D eigenvalue weighted by molar-refractivity contribution is -0.207. The number of halogens is 3. The average Bonchev–Trinajstić information content (AvgIpc) is 2.17. The van der Waals surface area contributed by atoms with Gasteiger partial charge < -0.3 is 15.3 Å². The first-order valence-corrected chi connectivity index (χ1v) is 5.53. The first kappa shape index (κ1) is 13.7. The number of likely N-dealkylation sites (N-methyl/N-ethyl adjacent to an activating group) is 1. The fraction of sp³-hybridized carbons (Fsp3) is 1.00. The largest absolute Gasteiger partial charge is 0.415 e. The standard InChI is InChI=1S/C10H19F3N2O/c1-15(7-9(16)10(11,12)13)6-8-2-4-14-5-3-8/h8-9,14,16H,2-7H2,1H3. The van der Waals surface area contributed by atoms with Gasteiger partial charge in [-0.05, 0) is 38.9 Å². The quantitative estimate of drug-likeness (QED) is 0.764. The molecule has 0 radical (unpaired) electrons. The molecule has 1 rings (SSSR count). The van der Waals surface area contributed by atoms with E-state index in [0.29, 0.717) is 12.5 Å². The van der Waals surface area contributed by atoms with Crippen LogP contribution in [-0.4, -0.2) is 55.5 Å². The molecule has 0 spiro atoms. The minimum absolute atomic E-state index is 0.340. The van der Waals surface area contributed by atoms with Gasteiger partial charge in [0.2, 0.25) is 0 Å². The molecule has 16 heavy (non-hydrogen) atoms. The Kier molecular flexibility index (Phi) is 5.01. The zero-order valence-electron chi connectivity index (χ0n) is 9.43. The molecule has 0 aliphatic carbocycles. The number of aliphatic hydroxyl groups is 1. The smallest absolute Gasteiger partial charge is 0.382 e. The highest BCUT2D eigenvalue weighted by Crippen LogP contribution is 2.21. The lowest BCUT2D eigenvalue weighted by Gasteiger charge is -2.29. The topological polar surface area (TPSA) is 35.5 Å². The van der Waals surface area contributed by atoms with Gasteiger partial charge in [0.25, 0.3) is 0 Å². The maximum atomic E-state index is 12.1. The van der Waals surface area contributed by atoms with Crippen LogP contribution in [-0.2, 0) is 0 Å². The monoisotopic (exact) mass is 240 g/mol. The Morgan fingerprint density at radius 3 is 2.44 bits per heavy atom. The molecule has 2 N–H and O–H groups in total. The Morgan fingerprint density at radius 1 is 1.38 bits per heavy atom. The van der Waals surface area contributed by atoms with Gasteiger partial charge in [-0.25, -0.2) is 0 Å². The van der Waals surface area contributed by atoms with Gasteiger partial charge in [0, 0.05) is 13.1 Å². The van der Waals surface area contributed by atoms with Gasteiger partial charge in [-0.15, -0.1) is 0 Å². The fourth-order valence-electron chi connectivity index (χ4n) is 1.98. The van der Waals surface area contributed by atoms with E-state index in [1.807, 2.05) is 0 Å². The van der Waals surface area contributed by atoms with Crippen LogP contribution in [0.4, 0.5) is 13.2 Å². The van der Waals surface area contributed by atoms with E-state index in [9.17, 15) is 13.2 Å². The zero-order valence-corrected chi connectivity index (χ0v) is 9.43. The van der Waals surface area contributed by atoms with Crippen LogP contribution in [0.15, 0.2) is 0 Å². The van der Waals surface area contributed by atoms with Gasteiger partial charge in [0.05, 0.1) is 0 Å². The molecule has 1 atom stereocenters. The van der Waals surface area contributed by atoms with Gasteiger partial charge >= 0.3 is 6.18 Å². The first-order chi connectivity index (χ1) is 7.39. The first-order valence-electron chi connectivity index (χ1n) is 5.53. The summed E-state index contributed by atoms with van der Waals surface area (Å²) in [4.78, 5) is 1.56. The molecule has 0 aromatic heterocycles. The van der Waals surface area contributed by atoms with Crippen molar-refractivity contribution in [1.82, 2.24) is 10.2 Å². The number of aliphatic hydroxyl groups excluding tert-OH is 1. The minimum atomic E-state index is -4.51. The van der Waals surface area contributed by atoms with E-state index >= 15 is 0 Å². The maximum Gasteiger partial charge on any atom is 0.415 e. The van der Waals surface area contributed by atoms with Gasteiger partial charge in [0.1, 0.15) is 0 Å². The lowest BCUT2D eigenvalue weighted by Crippen LogP contribution is -2.42. The summed E-state index contributed by atoms with van der Waals surface area (Å²) in [6.45, 7) is 2.14. The van der Waals surface area contributed by atoms with E-state index in [4.69, 9.17) is 5.11 Å². The van der Waals surface area contributed by atoms with Gasteiger partial charge in [-0.2, -0.15) is 13.2 Å². The number of rotatable bonds is 4. The summed E-state index contributed by atoms with van der Waals surface area (Å²) in [6, 6.07) is 0. The van der Waals surface area contributed by atoms with Crippen molar-refractivity contribution in [2.24, 2.45) is 5.92 Å². The number of nitrogens with one attached hydrogen (secondary N) is 1. The molecule has 0 bridgehead atoms. The highest BCUT2D eigenvalue weighted by molar-refractivity contribution is 4.74. The van der Waals surface area contributed by atoms with Crippen LogP contribution in [0.5, 0.6) is 0 Å². The van der Waals surface area contributed by atoms with Crippen molar-refractivity contribution in [3.05, 3.63) is 0 Å². The summed E-state index contributed by atoms with van der Waals surface area (Å²) < 4.78 is 36.3. The van der Waals surface area contributed by atoms with Crippen LogP contribution >= 0.6 is 0 Å². The molecule has 0 amide bonds. The van der Waals surface area contributed by atoms with Crippen molar-refractivity contribution in [2.45, 2.75) is 25.1 Å². The van der Waals surface area contributed by atoms with E-state index in [0.717, 1.165) is 25.9 Å². The van der Waals surface area contributed by atoms with Crippen LogP contribution in [0.3, 0.4) is 0 Å². The second-order valence-electron chi connectivity index (χ2n) is 4.47.